The molecule has 1 atom stereocenters. The standard InChI is InChI=1S/C14H23N3O2S/c1-16-9-10-17(20(18,19)11-5-8-15)14(12-16)13-6-3-2-4-7-13/h2-4,6-7,14H,5,8-12,15H2,1H3. The second-order valence-corrected chi connectivity index (χ2v) is 7.30. The maximum atomic E-state index is 12.5. The number of piperazine rings is 1. The molecule has 6 heteroatoms. The van der Waals surface area contributed by atoms with E-state index in [2.05, 4.69) is 4.90 Å². The lowest BCUT2D eigenvalue weighted by atomic mass is 10.1. The van der Waals surface area contributed by atoms with Crippen molar-refractivity contribution in [2.45, 2.75) is 12.5 Å². The first-order valence-electron chi connectivity index (χ1n) is 6.97. The molecule has 5 nitrogen and oxygen atoms in total. The van der Waals surface area contributed by atoms with Gasteiger partial charge in [0.25, 0.3) is 0 Å². The minimum Gasteiger partial charge on any atom is -0.330 e. The zero-order valence-corrected chi connectivity index (χ0v) is 12.7. The fourth-order valence-corrected chi connectivity index (χ4v) is 4.27. The first kappa shape index (κ1) is 15.4. The molecule has 1 saturated heterocycles. The van der Waals surface area contributed by atoms with Gasteiger partial charge in [0.1, 0.15) is 0 Å². The predicted molar refractivity (Wildman–Crippen MR) is 80.8 cm³/mol. The van der Waals surface area contributed by atoms with Crippen LogP contribution in [0.4, 0.5) is 0 Å². The van der Waals surface area contributed by atoms with Gasteiger partial charge in [0.05, 0.1) is 11.8 Å². The van der Waals surface area contributed by atoms with Crippen LogP contribution in [-0.2, 0) is 10.0 Å². The van der Waals surface area contributed by atoms with Gasteiger partial charge in [-0.15, -0.1) is 0 Å². The molecule has 1 aliphatic rings. The Labute approximate surface area is 121 Å². The van der Waals surface area contributed by atoms with Crippen molar-refractivity contribution in [3.05, 3.63) is 35.9 Å². The SMILES string of the molecule is CN1CCN(S(=O)(=O)CCCN)C(c2ccccc2)C1. The van der Waals surface area contributed by atoms with E-state index in [0.717, 1.165) is 18.7 Å². The van der Waals surface area contributed by atoms with Gasteiger partial charge in [0, 0.05) is 19.6 Å². The third-order valence-corrected chi connectivity index (χ3v) is 5.64. The van der Waals surface area contributed by atoms with Gasteiger partial charge in [0.15, 0.2) is 0 Å². The van der Waals surface area contributed by atoms with Crippen molar-refractivity contribution in [1.82, 2.24) is 9.21 Å². The lowest BCUT2D eigenvalue weighted by Gasteiger charge is -2.39. The first-order valence-corrected chi connectivity index (χ1v) is 8.58. The van der Waals surface area contributed by atoms with E-state index in [9.17, 15) is 8.42 Å². The summed E-state index contributed by atoms with van der Waals surface area (Å²) in [5, 5.41) is 0. The highest BCUT2D eigenvalue weighted by molar-refractivity contribution is 7.89. The average molecular weight is 297 g/mol. The third-order valence-electron chi connectivity index (χ3n) is 3.68. The van der Waals surface area contributed by atoms with E-state index in [-0.39, 0.29) is 11.8 Å². The highest BCUT2D eigenvalue weighted by atomic mass is 32.2. The van der Waals surface area contributed by atoms with Crippen molar-refractivity contribution in [3.63, 3.8) is 0 Å². The number of sulfonamides is 1. The number of benzene rings is 1. The zero-order valence-electron chi connectivity index (χ0n) is 11.9. The summed E-state index contributed by atoms with van der Waals surface area (Å²) in [5.74, 6) is 0.135. The van der Waals surface area contributed by atoms with Crippen LogP contribution in [0.3, 0.4) is 0 Å². The second-order valence-electron chi connectivity index (χ2n) is 5.26. The summed E-state index contributed by atoms with van der Waals surface area (Å²) in [6.07, 6.45) is 0.510. The molecule has 0 amide bonds. The average Bonchev–Trinajstić information content (AvgIpc) is 2.46. The fourth-order valence-electron chi connectivity index (χ4n) is 2.57. The summed E-state index contributed by atoms with van der Waals surface area (Å²) in [5.41, 5.74) is 6.49. The number of hydrogen-bond donors (Lipinski definition) is 1. The number of likely N-dealkylation sites (N-methyl/N-ethyl adjacent to an activating group) is 1. The Morgan fingerprint density at radius 3 is 2.60 bits per heavy atom. The molecule has 0 bridgehead atoms. The van der Waals surface area contributed by atoms with Crippen LogP contribution < -0.4 is 5.73 Å². The normalized spacial score (nSPS) is 22.0. The Bertz CT molecular complexity index is 518. The van der Waals surface area contributed by atoms with Crippen LogP contribution in [0.2, 0.25) is 0 Å². The van der Waals surface area contributed by atoms with Gasteiger partial charge in [0.2, 0.25) is 10.0 Å². The van der Waals surface area contributed by atoms with Crippen LogP contribution in [0.1, 0.15) is 18.0 Å². The largest absolute Gasteiger partial charge is 0.330 e. The monoisotopic (exact) mass is 297 g/mol. The van der Waals surface area contributed by atoms with Crippen LogP contribution in [0.25, 0.3) is 0 Å². The van der Waals surface area contributed by atoms with Crippen LogP contribution in [-0.4, -0.2) is 56.6 Å². The van der Waals surface area contributed by atoms with Crippen LogP contribution in [0.15, 0.2) is 30.3 Å². The Morgan fingerprint density at radius 1 is 1.25 bits per heavy atom. The van der Waals surface area contributed by atoms with Gasteiger partial charge < -0.3 is 10.6 Å². The van der Waals surface area contributed by atoms with Gasteiger partial charge in [-0.2, -0.15) is 4.31 Å². The van der Waals surface area contributed by atoms with E-state index in [4.69, 9.17) is 5.73 Å². The maximum absolute atomic E-state index is 12.5. The van der Waals surface area contributed by atoms with E-state index in [1.807, 2.05) is 37.4 Å². The highest BCUT2D eigenvalue weighted by Gasteiger charge is 2.34. The third kappa shape index (κ3) is 3.58. The summed E-state index contributed by atoms with van der Waals surface area (Å²) in [7, 11) is -1.21. The molecular weight excluding hydrogens is 274 g/mol. The van der Waals surface area contributed by atoms with E-state index >= 15 is 0 Å². The molecule has 2 N–H and O–H groups in total. The highest BCUT2D eigenvalue weighted by Crippen LogP contribution is 2.27. The quantitative estimate of drug-likeness (QED) is 0.867. The Hall–Kier alpha value is -0.950. The molecule has 20 heavy (non-hydrogen) atoms. The van der Waals surface area contributed by atoms with Gasteiger partial charge >= 0.3 is 0 Å². The lowest BCUT2D eigenvalue weighted by Crippen LogP contribution is -2.49. The van der Waals surface area contributed by atoms with E-state index in [1.54, 1.807) is 4.31 Å². The summed E-state index contributed by atoms with van der Waals surface area (Å²) in [6.45, 7) is 2.45. The van der Waals surface area contributed by atoms with Crippen LogP contribution >= 0.6 is 0 Å². The zero-order chi connectivity index (χ0) is 14.6. The maximum Gasteiger partial charge on any atom is 0.214 e. The second kappa shape index (κ2) is 6.67. The van der Waals surface area contributed by atoms with Gasteiger partial charge in [-0.1, -0.05) is 30.3 Å². The Morgan fingerprint density at radius 2 is 1.95 bits per heavy atom. The molecule has 0 aromatic heterocycles. The molecule has 1 aromatic carbocycles. The molecule has 1 fully saturated rings. The van der Waals surface area contributed by atoms with Crippen molar-refractivity contribution in [2.24, 2.45) is 5.73 Å². The molecular formula is C14H23N3O2S. The van der Waals surface area contributed by atoms with E-state index in [1.165, 1.54) is 0 Å². The topological polar surface area (TPSA) is 66.6 Å². The van der Waals surface area contributed by atoms with Crippen molar-refractivity contribution in [2.75, 3.05) is 39.0 Å². The van der Waals surface area contributed by atoms with Gasteiger partial charge in [-0.3, -0.25) is 0 Å². The molecule has 0 saturated carbocycles. The predicted octanol–water partition coefficient (Wildman–Crippen LogP) is 0.654. The molecule has 0 spiro atoms. The van der Waals surface area contributed by atoms with Crippen molar-refractivity contribution in [3.8, 4) is 0 Å². The van der Waals surface area contributed by atoms with E-state index < -0.39 is 10.0 Å². The minimum absolute atomic E-state index is 0.0993. The number of rotatable bonds is 5. The Balaban J connectivity index is 2.25. The molecule has 112 valence electrons. The van der Waals surface area contributed by atoms with Crippen LogP contribution in [0, 0.1) is 0 Å². The summed E-state index contributed by atoms with van der Waals surface area (Å²) >= 11 is 0. The Kier molecular flexibility index (Phi) is 5.15. The lowest BCUT2D eigenvalue weighted by molar-refractivity contribution is 0.160. The van der Waals surface area contributed by atoms with Gasteiger partial charge in [-0.25, -0.2) is 8.42 Å². The van der Waals surface area contributed by atoms with Gasteiger partial charge in [-0.05, 0) is 25.6 Å². The molecule has 1 heterocycles. The molecule has 0 aliphatic carbocycles. The summed E-state index contributed by atoms with van der Waals surface area (Å²) < 4.78 is 26.6. The minimum atomic E-state index is -3.24. The van der Waals surface area contributed by atoms with E-state index in [0.29, 0.717) is 19.5 Å². The number of nitrogens with zero attached hydrogens (tertiary/aromatic N) is 2. The first-order chi connectivity index (χ1) is 9.54. The van der Waals surface area contributed by atoms with Crippen LogP contribution in [0.5, 0.6) is 0 Å². The summed E-state index contributed by atoms with van der Waals surface area (Å²) in [4.78, 5) is 2.17. The summed E-state index contributed by atoms with van der Waals surface area (Å²) in [6, 6.07) is 9.75. The molecule has 1 unspecified atom stereocenters. The van der Waals surface area contributed by atoms with Crippen molar-refractivity contribution >= 4 is 10.0 Å². The van der Waals surface area contributed by atoms with Crippen molar-refractivity contribution in [1.29, 1.82) is 0 Å². The number of hydrogen-bond acceptors (Lipinski definition) is 4. The van der Waals surface area contributed by atoms with Crippen molar-refractivity contribution < 1.29 is 8.42 Å². The molecule has 1 aromatic rings. The molecule has 1 aliphatic heterocycles. The molecule has 2 rings (SSSR count). The fraction of sp³-hybridized carbons (Fsp3) is 0.571. The smallest absolute Gasteiger partial charge is 0.214 e. The molecule has 0 radical (unpaired) electrons. The number of nitrogens with two attached hydrogens (primary N) is 1.